The first kappa shape index (κ1) is 33.8. The number of carbonyl (C=O) groups excluding carboxylic acids is 1. The van der Waals surface area contributed by atoms with Gasteiger partial charge in [-0.2, -0.15) is 0 Å². The number of nitrogens with zero attached hydrogens (tertiary/aromatic N) is 2. The zero-order chi connectivity index (χ0) is 32.2. The van der Waals surface area contributed by atoms with Crippen LogP contribution in [0.25, 0.3) is 6.08 Å². The first-order chi connectivity index (χ1) is 21.6. The van der Waals surface area contributed by atoms with Crippen molar-refractivity contribution < 1.29 is 23.7 Å². The standard InChI is InChI=1S/C32H26Cl2I2N2O6S/c1-4-42-25-9-7-19(14-26(25)43-5-2)28-20(31(40)41-3)15-37-32-38(28)30(39)27(45-32)13-18-11-23(35)29(24(36)12-18)44-16-17-6-8-21(33)22(34)10-17/h6-15,28H,4-5,16H2,1-3H3/b27-13+/t28-/m0/s1. The average molecular weight is 891 g/mol. The van der Waals surface area contributed by atoms with Crippen molar-refractivity contribution in [2.75, 3.05) is 20.3 Å². The summed E-state index contributed by atoms with van der Waals surface area (Å²) in [5.74, 6) is 1.24. The first-order valence-corrected chi connectivity index (χ1v) is 17.4. The molecule has 2 heterocycles. The summed E-state index contributed by atoms with van der Waals surface area (Å²) in [6, 6.07) is 13.9. The number of aromatic nitrogens is 1. The van der Waals surface area contributed by atoms with E-state index in [-0.39, 0.29) is 11.1 Å². The SMILES string of the molecule is CCOc1ccc([C@H]2C(C(=O)OC)=CN=c3s/c(=C/c4cc(I)c(OCc5ccc(Cl)c(Cl)c5)c(I)c4)c(=O)n32)cc1OCC. The summed E-state index contributed by atoms with van der Waals surface area (Å²) in [5.41, 5.74) is 2.32. The summed E-state index contributed by atoms with van der Waals surface area (Å²) < 4.78 is 26.5. The van der Waals surface area contributed by atoms with Gasteiger partial charge in [-0.15, -0.1) is 0 Å². The molecule has 0 radical (unpaired) electrons. The van der Waals surface area contributed by atoms with E-state index in [2.05, 4.69) is 50.2 Å². The lowest BCUT2D eigenvalue weighted by molar-refractivity contribution is -0.136. The summed E-state index contributed by atoms with van der Waals surface area (Å²) in [6.45, 7) is 4.97. The van der Waals surface area contributed by atoms with Crippen LogP contribution in [0.1, 0.15) is 36.6 Å². The topological polar surface area (TPSA) is 88.4 Å². The fourth-order valence-electron chi connectivity index (χ4n) is 4.72. The number of hydrogen-bond donors (Lipinski definition) is 0. The Labute approximate surface area is 300 Å². The van der Waals surface area contributed by atoms with Crippen molar-refractivity contribution in [2.45, 2.75) is 26.5 Å². The maximum Gasteiger partial charge on any atom is 0.337 e. The number of methoxy groups -OCH3 is 1. The molecule has 5 rings (SSSR count). The van der Waals surface area contributed by atoms with Crippen molar-refractivity contribution in [3.05, 3.63) is 114 Å². The molecule has 0 saturated carbocycles. The highest BCUT2D eigenvalue weighted by Crippen LogP contribution is 2.35. The molecule has 4 aromatic rings. The van der Waals surface area contributed by atoms with Crippen LogP contribution in [-0.2, 0) is 16.1 Å². The Morgan fingerprint density at radius 3 is 2.36 bits per heavy atom. The molecule has 0 aliphatic carbocycles. The zero-order valence-electron chi connectivity index (χ0n) is 24.2. The molecule has 0 amide bonds. The van der Waals surface area contributed by atoms with Gasteiger partial charge in [0.1, 0.15) is 12.4 Å². The van der Waals surface area contributed by atoms with Crippen LogP contribution in [0.4, 0.5) is 0 Å². The Morgan fingerprint density at radius 2 is 1.69 bits per heavy atom. The zero-order valence-corrected chi connectivity index (χ0v) is 30.9. The molecule has 3 aromatic carbocycles. The molecule has 0 unspecified atom stereocenters. The van der Waals surface area contributed by atoms with Gasteiger partial charge in [0, 0.05) is 6.20 Å². The Bertz CT molecular complexity index is 1970. The highest BCUT2D eigenvalue weighted by molar-refractivity contribution is 14.1. The molecule has 234 valence electrons. The molecular formula is C32H26Cl2I2N2O6S. The molecule has 13 heteroatoms. The molecule has 0 bridgehead atoms. The fraction of sp³-hybridized carbons (Fsp3) is 0.219. The number of esters is 1. The second kappa shape index (κ2) is 14.9. The lowest BCUT2D eigenvalue weighted by atomic mass is 9.97. The van der Waals surface area contributed by atoms with E-state index in [1.807, 2.05) is 44.2 Å². The van der Waals surface area contributed by atoms with Crippen LogP contribution in [0.15, 0.2) is 70.1 Å². The van der Waals surface area contributed by atoms with Crippen LogP contribution < -0.4 is 29.1 Å². The molecule has 0 spiro atoms. The van der Waals surface area contributed by atoms with Gasteiger partial charge in [-0.1, -0.05) is 46.7 Å². The van der Waals surface area contributed by atoms with Crippen molar-refractivity contribution >= 4 is 91.8 Å². The van der Waals surface area contributed by atoms with Gasteiger partial charge >= 0.3 is 5.97 Å². The molecule has 45 heavy (non-hydrogen) atoms. The number of carbonyl (C=O) groups is 1. The van der Waals surface area contributed by atoms with E-state index in [9.17, 15) is 9.59 Å². The minimum Gasteiger partial charge on any atom is -0.490 e. The van der Waals surface area contributed by atoms with Crippen molar-refractivity contribution in [1.29, 1.82) is 0 Å². The largest absolute Gasteiger partial charge is 0.490 e. The van der Waals surface area contributed by atoms with Crippen molar-refractivity contribution in [1.82, 2.24) is 4.57 Å². The number of ether oxygens (including phenoxy) is 4. The molecule has 0 saturated heterocycles. The minimum atomic E-state index is -0.775. The summed E-state index contributed by atoms with van der Waals surface area (Å²) in [7, 11) is 1.30. The van der Waals surface area contributed by atoms with Gasteiger partial charge in [0.25, 0.3) is 5.56 Å². The molecule has 1 atom stereocenters. The van der Waals surface area contributed by atoms with E-state index >= 15 is 0 Å². The van der Waals surface area contributed by atoms with Gasteiger partial charge in [-0.3, -0.25) is 9.36 Å². The van der Waals surface area contributed by atoms with E-state index in [0.29, 0.717) is 56.3 Å². The van der Waals surface area contributed by atoms with Crippen molar-refractivity contribution in [3.8, 4) is 17.2 Å². The first-order valence-electron chi connectivity index (χ1n) is 13.7. The van der Waals surface area contributed by atoms with Crippen LogP contribution in [0.5, 0.6) is 17.2 Å². The monoisotopic (exact) mass is 890 g/mol. The minimum absolute atomic E-state index is 0.232. The number of thiazole rings is 1. The molecule has 0 N–H and O–H groups in total. The maximum absolute atomic E-state index is 14.0. The van der Waals surface area contributed by atoms with E-state index in [1.165, 1.54) is 29.2 Å². The number of rotatable bonds is 10. The quantitative estimate of drug-likeness (QED) is 0.127. The Morgan fingerprint density at radius 1 is 0.978 bits per heavy atom. The van der Waals surface area contributed by atoms with Crippen LogP contribution >= 0.6 is 79.7 Å². The summed E-state index contributed by atoms with van der Waals surface area (Å²) in [5, 5.41) is 0.957. The van der Waals surface area contributed by atoms with E-state index in [1.54, 1.807) is 24.3 Å². The highest BCUT2D eigenvalue weighted by atomic mass is 127. The number of benzene rings is 3. The third-order valence-corrected chi connectivity index (χ3v) is 10.0. The van der Waals surface area contributed by atoms with Gasteiger partial charge in [-0.25, -0.2) is 9.79 Å². The lowest BCUT2D eigenvalue weighted by Crippen LogP contribution is -2.39. The Hall–Kier alpha value is -2.59. The smallest absolute Gasteiger partial charge is 0.337 e. The normalized spacial score (nSPS) is 14.3. The average Bonchev–Trinajstić information content (AvgIpc) is 3.33. The predicted molar refractivity (Wildman–Crippen MR) is 193 cm³/mol. The fourth-order valence-corrected chi connectivity index (χ4v) is 8.14. The van der Waals surface area contributed by atoms with Crippen LogP contribution in [-0.4, -0.2) is 30.9 Å². The number of hydrogen-bond acceptors (Lipinski definition) is 8. The van der Waals surface area contributed by atoms with Gasteiger partial charge in [0.2, 0.25) is 0 Å². The van der Waals surface area contributed by atoms with Gasteiger partial charge in [0.15, 0.2) is 16.3 Å². The molecule has 0 fully saturated rings. The third-order valence-electron chi connectivity index (χ3n) is 6.69. The number of halogens is 4. The molecule has 1 aliphatic heterocycles. The van der Waals surface area contributed by atoms with Gasteiger partial charge < -0.3 is 18.9 Å². The maximum atomic E-state index is 14.0. The summed E-state index contributed by atoms with van der Waals surface area (Å²) in [4.78, 5) is 31.8. The molecule has 8 nitrogen and oxygen atoms in total. The Kier molecular flexibility index (Phi) is 11.2. The van der Waals surface area contributed by atoms with E-state index in [4.69, 9.17) is 42.1 Å². The van der Waals surface area contributed by atoms with Crippen molar-refractivity contribution in [2.24, 2.45) is 4.99 Å². The predicted octanol–water partition coefficient (Wildman–Crippen LogP) is 6.91. The van der Waals surface area contributed by atoms with Crippen LogP contribution in [0.2, 0.25) is 10.0 Å². The van der Waals surface area contributed by atoms with Gasteiger partial charge in [-0.05, 0) is 118 Å². The van der Waals surface area contributed by atoms with Crippen LogP contribution in [0.3, 0.4) is 0 Å². The molecule has 1 aliphatic rings. The van der Waals surface area contributed by atoms with Gasteiger partial charge in [0.05, 0.1) is 53.7 Å². The third kappa shape index (κ3) is 7.37. The van der Waals surface area contributed by atoms with Crippen LogP contribution in [0, 0.1) is 7.14 Å². The van der Waals surface area contributed by atoms with E-state index < -0.39 is 12.0 Å². The van der Waals surface area contributed by atoms with E-state index in [0.717, 1.165) is 24.0 Å². The summed E-state index contributed by atoms with van der Waals surface area (Å²) >= 11 is 17.9. The second-order valence-electron chi connectivity index (χ2n) is 9.60. The lowest BCUT2D eigenvalue weighted by Gasteiger charge is -2.23. The number of fused-ring (bicyclic) bond motifs is 1. The second-order valence-corrected chi connectivity index (χ2v) is 13.7. The van der Waals surface area contributed by atoms with Crippen molar-refractivity contribution in [3.63, 3.8) is 0 Å². The Balaban J connectivity index is 1.53. The summed E-state index contributed by atoms with van der Waals surface area (Å²) in [6.07, 6.45) is 3.29. The molecule has 1 aromatic heterocycles. The highest BCUT2D eigenvalue weighted by Gasteiger charge is 2.31. The molecular weight excluding hydrogens is 865 g/mol.